The van der Waals surface area contributed by atoms with Crippen LogP contribution >= 0.6 is 0 Å². The van der Waals surface area contributed by atoms with E-state index in [4.69, 9.17) is 11.2 Å². The van der Waals surface area contributed by atoms with E-state index in [-0.39, 0.29) is 0 Å². The number of benzene rings is 2. The van der Waals surface area contributed by atoms with Crippen LogP contribution < -0.4 is 8.32 Å². The minimum absolute atomic E-state index is 0.526. The van der Waals surface area contributed by atoms with Gasteiger partial charge in [0.15, 0.2) is 0 Å². The molecule has 174 valence electrons. The summed E-state index contributed by atoms with van der Waals surface area (Å²) in [5.41, 5.74) is 0.0328. The van der Waals surface area contributed by atoms with Crippen LogP contribution in [0.15, 0.2) is 42.5 Å². The van der Waals surface area contributed by atoms with Crippen LogP contribution in [0, 0.1) is 12.3 Å². The first-order valence-corrected chi connectivity index (χ1v) is 19.2. The fourth-order valence-electron chi connectivity index (χ4n) is 4.33. The predicted octanol–water partition coefficient (Wildman–Crippen LogP) is 8.54. The molecule has 0 unspecified atom stereocenters. The van der Waals surface area contributed by atoms with Gasteiger partial charge in [-0.05, 0) is 0 Å². The monoisotopic (exact) mass is 552 g/mol. The number of hydrogen-bond donors (Lipinski definition) is 0. The van der Waals surface area contributed by atoms with Crippen molar-refractivity contribution in [1.82, 2.24) is 0 Å². The van der Waals surface area contributed by atoms with Gasteiger partial charge < -0.3 is 0 Å². The molecule has 0 saturated carbocycles. The van der Waals surface area contributed by atoms with Crippen LogP contribution in [0.25, 0.3) is 0 Å². The molecular formula is C27H35F3OSn. The Bertz CT molecular complexity index is 877. The summed E-state index contributed by atoms with van der Waals surface area (Å²) in [7, 11) is 0. The van der Waals surface area contributed by atoms with Crippen LogP contribution in [0.2, 0.25) is 13.3 Å². The Morgan fingerprint density at radius 3 is 1.91 bits per heavy atom. The number of terminal acetylenes is 1. The van der Waals surface area contributed by atoms with Crippen molar-refractivity contribution in [3.05, 3.63) is 53.6 Å². The van der Waals surface area contributed by atoms with Crippen LogP contribution in [0.4, 0.5) is 13.2 Å². The summed E-state index contributed by atoms with van der Waals surface area (Å²) in [4.78, 5) is 0. The number of alkyl halides is 3. The summed E-state index contributed by atoms with van der Waals surface area (Å²) in [5, 5.41) is 0. The van der Waals surface area contributed by atoms with Gasteiger partial charge in [0.25, 0.3) is 0 Å². The van der Waals surface area contributed by atoms with E-state index < -0.39 is 30.1 Å². The van der Waals surface area contributed by atoms with Crippen molar-refractivity contribution in [2.45, 2.75) is 78.8 Å². The molecule has 0 radical (unpaired) electrons. The van der Waals surface area contributed by atoms with Crippen molar-refractivity contribution in [3.8, 4) is 23.8 Å². The van der Waals surface area contributed by atoms with Crippen molar-refractivity contribution in [2.24, 2.45) is 0 Å². The SMILES string of the molecule is C#Cc1ccccc1Oc1ccc(C(F)(F)F)c[c]1[Sn]([CH2]CCC)([CH2]CCC)[CH2]CCC. The first kappa shape index (κ1) is 26.6. The second-order valence-corrected chi connectivity index (χ2v) is 21.7. The van der Waals surface area contributed by atoms with Crippen LogP contribution in [0.5, 0.6) is 11.5 Å². The van der Waals surface area contributed by atoms with Gasteiger partial charge in [-0.15, -0.1) is 0 Å². The van der Waals surface area contributed by atoms with Crippen LogP contribution in [0.3, 0.4) is 0 Å². The Hall–Kier alpha value is -1.61. The second kappa shape index (κ2) is 12.6. The standard InChI is InChI=1S/C15H8F3O.3C4H9.Sn/c1-2-11-5-3-4-6-14(11)19-13-9-7-12(8-10-13)15(16,17)18;3*1-3-4-2;/h1,3-9H;3*1,3-4H2,2H3;. The van der Waals surface area contributed by atoms with Crippen molar-refractivity contribution < 1.29 is 17.9 Å². The Kier molecular flexibility index (Phi) is 10.5. The molecule has 2 aromatic rings. The average Bonchev–Trinajstić information content (AvgIpc) is 2.79. The summed E-state index contributed by atoms with van der Waals surface area (Å²) in [6.07, 6.45) is 7.58. The molecule has 0 heterocycles. The molecule has 2 rings (SSSR count). The first-order chi connectivity index (χ1) is 15.3. The molecule has 2 aromatic carbocycles. The van der Waals surface area contributed by atoms with Gasteiger partial charge in [-0.25, -0.2) is 0 Å². The third-order valence-corrected chi connectivity index (χ3v) is 21.8. The van der Waals surface area contributed by atoms with E-state index in [1.54, 1.807) is 12.1 Å². The van der Waals surface area contributed by atoms with Gasteiger partial charge in [-0.3, -0.25) is 0 Å². The van der Waals surface area contributed by atoms with E-state index in [2.05, 4.69) is 26.7 Å². The fourth-order valence-corrected chi connectivity index (χ4v) is 20.8. The molecule has 0 saturated heterocycles. The Balaban J connectivity index is 2.69. The van der Waals surface area contributed by atoms with E-state index in [0.29, 0.717) is 17.1 Å². The van der Waals surface area contributed by atoms with Crippen molar-refractivity contribution in [1.29, 1.82) is 0 Å². The van der Waals surface area contributed by atoms with E-state index >= 15 is 0 Å². The number of para-hydroxylation sites is 1. The Labute approximate surface area is 195 Å². The van der Waals surface area contributed by atoms with Gasteiger partial charge in [0.1, 0.15) is 0 Å². The summed E-state index contributed by atoms with van der Waals surface area (Å²) >= 11 is -3.22. The normalized spacial score (nSPS) is 11.9. The molecule has 0 aliphatic heterocycles. The van der Waals surface area contributed by atoms with E-state index in [1.807, 2.05) is 12.1 Å². The summed E-state index contributed by atoms with van der Waals surface area (Å²) in [6.45, 7) is 6.47. The maximum atomic E-state index is 13.7. The number of halogens is 3. The van der Waals surface area contributed by atoms with Crippen LogP contribution in [-0.4, -0.2) is 18.4 Å². The summed E-state index contributed by atoms with van der Waals surface area (Å²) in [5.74, 6) is 3.72. The van der Waals surface area contributed by atoms with E-state index in [1.165, 1.54) is 12.1 Å². The molecule has 0 bridgehead atoms. The van der Waals surface area contributed by atoms with Crippen LogP contribution in [-0.2, 0) is 6.18 Å². The quantitative estimate of drug-likeness (QED) is 0.190. The fraction of sp³-hybridized carbons (Fsp3) is 0.481. The molecule has 0 atom stereocenters. The van der Waals surface area contributed by atoms with Gasteiger partial charge in [0.05, 0.1) is 0 Å². The Morgan fingerprint density at radius 2 is 1.41 bits per heavy atom. The molecule has 1 nitrogen and oxygen atoms in total. The van der Waals surface area contributed by atoms with Gasteiger partial charge >= 0.3 is 196 Å². The minimum atomic E-state index is -4.37. The van der Waals surface area contributed by atoms with E-state index in [0.717, 1.165) is 61.5 Å². The number of rotatable bonds is 12. The van der Waals surface area contributed by atoms with Gasteiger partial charge in [0.2, 0.25) is 0 Å². The third kappa shape index (κ3) is 6.94. The molecule has 0 aliphatic carbocycles. The molecule has 0 N–H and O–H groups in total. The van der Waals surface area contributed by atoms with Crippen LogP contribution in [0.1, 0.15) is 70.4 Å². The van der Waals surface area contributed by atoms with Crippen molar-refractivity contribution >= 4 is 22.0 Å². The zero-order chi connectivity index (χ0) is 23.6. The molecule has 0 aromatic heterocycles. The maximum absolute atomic E-state index is 13.7. The molecule has 32 heavy (non-hydrogen) atoms. The van der Waals surface area contributed by atoms with Gasteiger partial charge in [-0.1, -0.05) is 0 Å². The zero-order valence-electron chi connectivity index (χ0n) is 19.5. The second-order valence-electron chi connectivity index (χ2n) is 8.54. The summed E-state index contributed by atoms with van der Waals surface area (Å²) in [6, 6.07) is 11.3. The topological polar surface area (TPSA) is 9.23 Å². The third-order valence-electron chi connectivity index (χ3n) is 6.17. The molecule has 0 fully saturated rings. The first-order valence-electron chi connectivity index (χ1n) is 11.8. The van der Waals surface area contributed by atoms with Gasteiger partial charge in [0, 0.05) is 0 Å². The zero-order valence-corrected chi connectivity index (χ0v) is 22.4. The molecule has 0 amide bonds. The molecule has 0 spiro atoms. The Morgan fingerprint density at radius 1 is 0.844 bits per heavy atom. The van der Waals surface area contributed by atoms with Gasteiger partial charge in [-0.2, -0.15) is 0 Å². The number of hydrogen-bond acceptors (Lipinski definition) is 1. The number of unbranched alkanes of at least 4 members (excludes halogenated alkanes) is 3. The van der Waals surface area contributed by atoms with Crippen molar-refractivity contribution in [2.75, 3.05) is 0 Å². The summed E-state index contributed by atoms with van der Waals surface area (Å²) < 4.78 is 51.6. The molecule has 0 aliphatic rings. The van der Waals surface area contributed by atoms with Crippen molar-refractivity contribution in [3.63, 3.8) is 0 Å². The molecular weight excluding hydrogens is 516 g/mol. The van der Waals surface area contributed by atoms with E-state index in [9.17, 15) is 13.2 Å². The average molecular weight is 551 g/mol. The molecule has 5 heteroatoms. The number of ether oxygens (including phenoxy) is 1. The predicted molar refractivity (Wildman–Crippen MR) is 130 cm³/mol.